The standard InChI is InChI=1S/C12H17FN2O2S2/c1-12(5-2-6-18-12)8-15-19(16,17)11-7-9(13)3-4-10(11)14/h3-4,7,15H,2,5-6,8,14H2,1H3. The lowest BCUT2D eigenvalue weighted by Crippen LogP contribution is -2.37. The fourth-order valence-corrected chi connectivity index (χ4v) is 4.69. The Bertz CT molecular complexity index is 569. The normalized spacial score (nSPS) is 23.7. The number of anilines is 1. The van der Waals surface area contributed by atoms with Crippen molar-refractivity contribution in [1.82, 2.24) is 4.72 Å². The molecule has 0 amide bonds. The molecule has 0 aromatic heterocycles. The van der Waals surface area contributed by atoms with Crippen molar-refractivity contribution in [2.45, 2.75) is 29.4 Å². The molecular formula is C12H17FN2O2S2. The van der Waals surface area contributed by atoms with Gasteiger partial charge in [0, 0.05) is 11.3 Å². The number of nitrogens with two attached hydrogens (primary N) is 1. The summed E-state index contributed by atoms with van der Waals surface area (Å²) >= 11 is 1.76. The van der Waals surface area contributed by atoms with Gasteiger partial charge in [-0.1, -0.05) is 0 Å². The van der Waals surface area contributed by atoms with E-state index >= 15 is 0 Å². The number of sulfonamides is 1. The van der Waals surface area contributed by atoms with Gasteiger partial charge in [-0.05, 0) is 43.7 Å². The Labute approximate surface area is 117 Å². The minimum atomic E-state index is -3.77. The number of rotatable bonds is 4. The molecule has 4 nitrogen and oxygen atoms in total. The molecule has 1 aromatic carbocycles. The van der Waals surface area contributed by atoms with Crippen molar-refractivity contribution in [1.29, 1.82) is 0 Å². The minimum Gasteiger partial charge on any atom is -0.398 e. The van der Waals surface area contributed by atoms with Crippen LogP contribution in [0.2, 0.25) is 0 Å². The smallest absolute Gasteiger partial charge is 0.242 e. The summed E-state index contributed by atoms with van der Waals surface area (Å²) in [5, 5.41) is 0. The van der Waals surface area contributed by atoms with Gasteiger partial charge in [-0.3, -0.25) is 0 Å². The predicted octanol–water partition coefficient (Wildman–Crippen LogP) is 1.97. The fourth-order valence-electron chi connectivity index (χ4n) is 2.04. The molecule has 1 aliphatic heterocycles. The van der Waals surface area contributed by atoms with Crippen molar-refractivity contribution in [2.24, 2.45) is 0 Å². The average Bonchev–Trinajstić information content (AvgIpc) is 2.78. The fraction of sp³-hybridized carbons (Fsp3) is 0.500. The zero-order chi connectivity index (χ0) is 14.1. The molecule has 7 heteroatoms. The third-order valence-corrected chi connectivity index (χ3v) is 6.20. The van der Waals surface area contributed by atoms with Crippen molar-refractivity contribution in [3.8, 4) is 0 Å². The Morgan fingerprint density at radius 3 is 2.89 bits per heavy atom. The van der Waals surface area contributed by atoms with Crippen molar-refractivity contribution >= 4 is 27.5 Å². The van der Waals surface area contributed by atoms with Crippen molar-refractivity contribution in [3.63, 3.8) is 0 Å². The maximum absolute atomic E-state index is 13.1. The highest BCUT2D eigenvalue weighted by atomic mass is 32.2. The highest BCUT2D eigenvalue weighted by Crippen LogP contribution is 2.37. The van der Waals surface area contributed by atoms with Gasteiger partial charge in [0.1, 0.15) is 10.7 Å². The van der Waals surface area contributed by atoms with Gasteiger partial charge in [0.25, 0.3) is 0 Å². The van der Waals surface area contributed by atoms with Crippen LogP contribution in [-0.4, -0.2) is 25.5 Å². The maximum atomic E-state index is 13.1. The highest BCUT2D eigenvalue weighted by molar-refractivity contribution is 8.01. The Morgan fingerprint density at radius 2 is 2.26 bits per heavy atom. The summed E-state index contributed by atoms with van der Waals surface area (Å²) in [5.41, 5.74) is 5.66. The number of thioether (sulfide) groups is 1. The van der Waals surface area contributed by atoms with Crippen molar-refractivity contribution in [2.75, 3.05) is 18.0 Å². The van der Waals surface area contributed by atoms with E-state index in [1.54, 1.807) is 11.8 Å². The molecule has 3 N–H and O–H groups in total. The Balaban J connectivity index is 2.16. The molecule has 0 aliphatic carbocycles. The molecular weight excluding hydrogens is 287 g/mol. The van der Waals surface area contributed by atoms with Gasteiger partial charge in [-0.2, -0.15) is 11.8 Å². The first-order valence-electron chi connectivity index (χ1n) is 6.01. The molecule has 106 valence electrons. The third kappa shape index (κ3) is 3.40. The molecule has 1 aliphatic rings. The molecule has 1 heterocycles. The van der Waals surface area contributed by atoms with Gasteiger partial charge in [-0.15, -0.1) is 0 Å². The summed E-state index contributed by atoms with van der Waals surface area (Å²) < 4.78 is 39.9. The van der Waals surface area contributed by atoms with E-state index in [1.165, 1.54) is 6.07 Å². The van der Waals surface area contributed by atoms with Gasteiger partial charge in [0.15, 0.2) is 0 Å². The molecule has 1 unspecified atom stereocenters. The number of benzene rings is 1. The number of hydrogen-bond acceptors (Lipinski definition) is 4. The van der Waals surface area contributed by atoms with E-state index in [2.05, 4.69) is 4.72 Å². The van der Waals surface area contributed by atoms with Crippen LogP contribution in [0.5, 0.6) is 0 Å². The Kier molecular flexibility index (Phi) is 4.08. The molecule has 1 atom stereocenters. The van der Waals surface area contributed by atoms with Gasteiger partial charge < -0.3 is 5.73 Å². The molecule has 0 saturated carbocycles. The van der Waals surface area contributed by atoms with E-state index < -0.39 is 15.8 Å². The van der Waals surface area contributed by atoms with Crippen LogP contribution in [0.15, 0.2) is 23.1 Å². The molecule has 0 spiro atoms. The van der Waals surface area contributed by atoms with E-state index in [0.717, 1.165) is 30.7 Å². The highest BCUT2D eigenvalue weighted by Gasteiger charge is 2.31. The second kappa shape index (κ2) is 5.30. The van der Waals surface area contributed by atoms with Crippen LogP contribution >= 0.6 is 11.8 Å². The predicted molar refractivity (Wildman–Crippen MR) is 76.1 cm³/mol. The summed E-state index contributed by atoms with van der Waals surface area (Å²) in [6.45, 7) is 2.36. The van der Waals surface area contributed by atoms with Crippen LogP contribution in [0.3, 0.4) is 0 Å². The Hall–Kier alpha value is -0.790. The molecule has 1 fully saturated rings. The number of nitrogen functional groups attached to an aromatic ring is 1. The first kappa shape index (κ1) is 14.6. The van der Waals surface area contributed by atoms with Crippen molar-refractivity contribution in [3.05, 3.63) is 24.0 Å². The largest absolute Gasteiger partial charge is 0.398 e. The monoisotopic (exact) mass is 304 g/mol. The molecule has 2 rings (SSSR count). The third-order valence-electron chi connectivity index (χ3n) is 3.20. The summed E-state index contributed by atoms with van der Waals surface area (Å²) in [6, 6.07) is 3.35. The maximum Gasteiger partial charge on any atom is 0.242 e. The molecule has 1 aromatic rings. The zero-order valence-electron chi connectivity index (χ0n) is 10.6. The lowest BCUT2D eigenvalue weighted by Gasteiger charge is -2.23. The second-order valence-corrected chi connectivity index (χ2v) is 8.33. The van der Waals surface area contributed by atoms with Crippen LogP contribution in [0, 0.1) is 5.82 Å². The van der Waals surface area contributed by atoms with E-state index in [-0.39, 0.29) is 15.3 Å². The molecule has 0 radical (unpaired) electrons. The van der Waals surface area contributed by atoms with Crippen LogP contribution in [-0.2, 0) is 10.0 Å². The number of hydrogen-bond donors (Lipinski definition) is 2. The zero-order valence-corrected chi connectivity index (χ0v) is 12.3. The average molecular weight is 304 g/mol. The minimum absolute atomic E-state index is 0.0538. The van der Waals surface area contributed by atoms with Gasteiger partial charge in [0.05, 0.1) is 5.69 Å². The lowest BCUT2D eigenvalue weighted by molar-refractivity contribution is 0.551. The number of nitrogens with one attached hydrogen (secondary N) is 1. The number of halogens is 1. The van der Waals surface area contributed by atoms with Crippen LogP contribution in [0.25, 0.3) is 0 Å². The van der Waals surface area contributed by atoms with Crippen LogP contribution in [0.4, 0.5) is 10.1 Å². The van der Waals surface area contributed by atoms with Gasteiger partial charge >= 0.3 is 0 Å². The van der Waals surface area contributed by atoms with Crippen molar-refractivity contribution < 1.29 is 12.8 Å². The van der Waals surface area contributed by atoms with Gasteiger partial charge in [0.2, 0.25) is 10.0 Å². The SMILES string of the molecule is CC1(CNS(=O)(=O)c2cc(F)ccc2N)CCCS1. The Morgan fingerprint density at radius 1 is 1.53 bits per heavy atom. The van der Waals surface area contributed by atoms with Gasteiger partial charge in [-0.25, -0.2) is 17.5 Å². The van der Waals surface area contributed by atoms with Crippen LogP contribution < -0.4 is 10.5 Å². The molecule has 19 heavy (non-hydrogen) atoms. The van der Waals surface area contributed by atoms with E-state index in [0.29, 0.717) is 6.54 Å². The quantitative estimate of drug-likeness (QED) is 0.834. The summed E-state index contributed by atoms with van der Waals surface area (Å²) in [4.78, 5) is -0.195. The molecule has 1 saturated heterocycles. The summed E-state index contributed by atoms with van der Waals surface area (Å²) in [7, 11) is -3.77. The van der Waals surface area contributed by atoms with E-state index in [9.17, 15) is 12.8 Å². The van der Waals surface area contributed by atoms with Crippen LogP contribution in [0.1, 0.15) is 19.8 Å². The first-order chi connectivity index (χ1) is 8.82. The van der Waals surface area contributed by atoms with E-state index in [1.807, 2.05) is 6.92 Å². The first-order valence-corrected chi connectivity index (χ1v) is 8.48. The lowest BCUT2D eigenvalue weighted by atomic mass is 10.1. The molecule has 0 bridgehead atoms. The summed E-state index contributed by atoms with van der Waals surface area (Å²) in [5.74, 6) is 0.427. The summed E-state index contributed by atoms with van der Waals surface area (Å²) in [6.07, 6.45) is 2.06. The topological polar surface area (TPSA) is 72.2 Å². The van der Waals surface area contributed by atoms with E-state index in [4.69, 9.17) is 5.73 Å². The second-order valence-electron chi connectivity index (χ2n) is 4.91.